The maximum absolute atomic E-state index is 12.9. The predicted molar refractivity (Wildman–Crippen MR) is 105 cm³/mol. The number of piperazine rings is 1. The number of anilines is 1. The molecule has 1 heterocycles. The van der Waals surface area contributed by atoms with Gasteiger partial charge < -0.3 is 9.80 Å². The van der Waals surface area contributed by atoms with Gasteiger partial charge in [0.1, 0.15) is 6.04 Å². The highest BCUT2D eigenvalue weighted by Crippen LogP contribution is 2.27. The van der Waals surface area contributed by atoms with E-state index in [1.807, 2.05) is 32.0 Å². The minimum atomic E-state index is -0.565. The van der Waals surface area contributed by atoms with Gasteiger partial charge in [0.15, 0.2) is 0 Å². The summed E-state index contributed by atoms with van der Waals surface area (Å²) in [6, 6.07) is 10.2. The van der Waals surface area contributed by atoms with Crippen LogP contribution in [-0.2, 0) is 4.79 Å². The first kappa shape index (κ1) is 18.7. The number of nitrogens with zero attached hydrogens (tertiary/aromatic N) is 2. The molecule has 2 amide bonds. The highest BCUT2D eigenvalue weighted by Gasteiger charge is 2.36. The van der Waals surface area contributed by atoms with Gasteiger partial charge in [-0.2, -0.15) is 0 Å². The van der Waals surface area contributed by atoms with Crippen molar-refractivity contribution in [2.45, 2.75) is 26.8 Å². The molecule has 0 bridgehead atoms. The minimum Gasteiger partial charge on any atom is -0.325 e. The van der Waals surface area contributed by atoms with Gasteiger partial charge in [0.05, 0.1) is 10.6 Å². The van der Waals surface area contributed by atoms with E-state index in [1.54, 1.807) is 28.9 Å². The molecule has 0 N–H and O–H groups in total. The second kappa shape index (κ2) is 7.29. The first-order chi connectivity index (χ1) is 12.3. The largest absolute Gasteiger partial charge is 0.325 e. The van der Waals surface area contributed by atoms with Crippen molar-refractivity contribution in [2.75, 3.05) is 18.0 Å². The molecule has 2 aromatic carbocycles. The molecule has 1 saturated heterocycles. The Balaban J connectivity index is 1.83. The summed E-state index contributed by atoms with van der Waals surface area (Å²) in [6.07, 6.45) is 0. The Kier molecular flexibility index (Phi) is 5.26. The second-order valence-electron chi connectivity index (χ2n) is 6.56. The lowest BCUT2D eigenvalue weighted by Crippen LogP contribution is -2.57. The summed E-state index contributed by atoms with van der Waals surface area (Å²) >= 11 is 12.1. The molecular formula is C20H20Cl2N2O2. The van der Waals surface area contributed by atoms with Crippen LogP contribution in [0.25, 0.3) is 0 Å². The van der Waals surface area contributed by atoms with Gasteiger partial charge in [-0.15, -0.1) is 0 Å². The third-order valence-corrected chi connectivity index (χ3v) is 5.43. The smallest absolute Gasteiger partial charge is 0.256 e. The zero-order valence-corrected chi connectivity index (χ0v) is 16.4. The highest BCUT2D eigenvalue weighted by molar-refractivity contribution is 6.36. The van der Waals surface area contributed by atoms with Crippen LogP contribution in [0.4, 0.5) is 5.69 Å². The molecule has 1 atom stereocenters. The summed E-state index contributed by atoms with van der Waals surface area (Å²) in [5, 5.41) is 0.758. The lowest BCUT2D eigenvalue weighted by atomic mass is 10.1. The van der Waals surface area contributed by atoms with Gasteiger partial charge in [-0.1, -0.05) is 29.3 Å². The quantitative estimate of drug-likeness (QED) is 0.757. The SMILES string of the molecule is Cc1ccc(N2CCN(C(=O)c3ccc(Cl)cc3Cl)[C@H](C)C2=O)cc1C. The molecule has 2 aromatic rings. The van der Waals surface area contributed by atoms with Crippen LogP contribution in [0.15, 0.2) is 36.4 Å². The van der Waals surface area contributed by atoms with Gasteiger partial charge in [0.25, 0.3) is 5.91 Å². The molecule has 1 aliphatic heterocycles. The number of hydrogen-bond acceptors (Lipinski definition) is 2. The van der Waals surface area contributed by atoms with E-state index < -0.39 is 6.04 Å². The minimum absolute atomic E-state index is 0.0991. The Bertz CT molecular complexity index is 882. The molecule has 0 unspecified atom stereocenters. The number of halogens is 2. The number of aryl methyl sites for hydroxylation is 2. The van der Waals surface area contributed by atoms with Gasteiger partial charge in [-0.05, 0) is 62.2 Å². The maximum Gasteiger partial charge on any atom is 0.256 e. The fraction of sp³-hybridized carbons (Fsp3) is 0.300. The summed E-state index contributed by atoms with van der Waals surface area (Å²) in [7, 11) is 0. The van der Waals surface area contributed by atoms with Crippen LogP contribution in [0.2, 0.25) is 10.0 Å². The average molecular weight is 391 g/mol. The van der Waals surface area contributed by atoms with Gasteiger partial charge in [-0.3, -0.25) is 9.59 Å². The molecule has 136 valence electrons. The zero-order chi connectivity index (χ0) is 19.0. The van der Waals surface area contributed by atoms with Crippen molar-refractivity contribution in [3.05, 3.63) is 63.1 Å². The van der Waals surface area contributed by atoms with E-state index in [0.29, 0.717) is 28.7 Å². The molecule has 1 fully saturated rings. The second-order valence-corrected chi connectivity index (χ2v) is 7.40. The lowest BCUT2D eigenvalue weighted by molar-refractivity contribution is -0.124. The predicted octanol–water partition coefficient (Wildman–Crippen LogP) is 4.49. The standard InChI is InChI=1S/C20H20Cl2N2O2/c1-12-4-6-16(10-13(12)2)24-9-8-23(14(3)19(24)25)20(26)17-7-5-15(21)11-18(17)22/h4-7,10-11,14H,8-9H2,1-3H3/t14-/m1/s1. The van der Waals surface area contributed by atoms with Crippen LogP contribution < -0.4 is 4.90 Å². The van der Waals surface area contributed by atoms with Crippen LogP contribution in [0.1, 0.15) is 28.4 Å². The Hall–Kier alpha value is -2.04. The summed E-state index contributed by atoms with van der Waals surface area (Å²) in [6.45, 7) is 6.70. The fourth-order valence-corrected chi connectivity index (χ4v) is 3.60. The van der Waals surface area contributed by atoms with Crippen LogP contribution in [0, 0.1) is 13.8 Å². The van der Waals surface area contributed by atoms with E-state index in [2.05, 4.69) is 0 Å². The molecular weight excluding hydrogens is 371 g/mol. The van der Waals surface area contributed by atoms with Crippen LogP contribution in [-0.4, -0.2) is 35.8 Å². The van der Waals surface area contributed by atoms with Crippen molar-refractivity contribution < 1.29 is 9.59 Å². The first-order valence-electron chi connectivity index (χ1n) is 8.44. The van der Waals surface area contributed by atoms with Crippen molar-refractivity contribution in [2.24, 2.45) is 0 Å². The monoisotopic (exact) mass is 390 g/mol. The van der Waals surface area contributed by atoms with Crippen molar-refractivity contribution in [3.8, 4) is 0 Å². The average Bonchev–Trinajstić information content (AvgIpc) is 2.59. The molecule has 26 heavy (non-hydrogen) atoms. The number of carbonyl (C=O) groups excluding carboxylic acids is 2. The van der Waals surface area contributed by atoms with E-state index in [1.165, 1.54) is 11.6 Å². The summed E-state index contributed by atoms with van der Waals surface area (Å²) in [4.78, 5) is 29.0. The normalized spacial score (nSPS) is 17.6. The summed E-state index contributed by atoms with van der Waals surface area (Å²) < 4.78 is 0. The van der Waals surface area contributed by atoms with Crippen LogP contribution in [0.5, 0.6) is 0 Å². The topological polar surface area (TPSA) is 40.6 Å². The third-order valence-electron chi connectivity index (χ3n) is 4.88. The number of rotatable bonds is 2. The molecule has 0 aromatic heterocycles. The van der Waals surface area contributed by atoms with Gasteiger partial charge in [-0.25, -0.2) is 0 Å². The zero-order valence-electron chi connectivity index (χ0n) is 14.9. The number of hydrogen-bond donors (Lipinski definition) is 0. The van der Waals surface area contributed by atoms with Gasteiger partial charge in [0.2, 0.25) is 5.91 Å². The molecule has 6 heteroatoms. The molecule has 0 radical (unpaired) electrons. The van der Waals surface area contributed by atoms with Crippen molar-refractivity contribution >= 4 is 40.7 Å². The Morgan fingerprint density at radius 3 is 2.42 bits per heavy atom. The summed E-state index contributed by atoms with van der Waals surface area (Å²) in [5.41, 5.74) is 3.53. The van der Waals surface area contributed by atoms with Crippen molar-refractivity contribution in [1.82, 2.24) is 4.90 Å². The van der Waals surface area contributed by atoms with E-state index >= 15 is 0 Å². The first-order valence-corrected chi connectivity index (χ1v) is 9.20. The number of carbonyl (C=O) groups is 2. The Morgan fingerprint density at radius 2 is 1.77 bits per heavy atom. The van der Waals surface area contributed by atoms with E-state index in [9.17, 15) is 9.59 Å². The number of amides is 2. The fourth-order valence-electron chi connectivity index (χ4n) is 3.12. The molecule has 0 aliphatic carbocycles. The van der Waals surface area contributed by atoms with Gasteiger partial charge in [0, 0.05) is 23.8 Å². The molecule has 1 aliphatic rings. The molecule has 0 saturated carbocycles. The molecule has 4 nitrogen and oxygen atoms in total. The Morgan fingerprint density at radius 1 is 1.04 bits per heavy atom. The number of benzene rings is 2. The summed E-state index contributed by atoms with van der Waals surface area (Å²) in [5.74, 6) is -0.356. The Labute approximate surface area is 163 Å². The van der Waals surface area contributed by atoms with Crippen LogP contribution >= 0.6 is 23.2 Å². The lowest BCUT2D eigenvalue weighted by Gasteiger charge is -2.39. The molecule has 3 rings (SSSR count). The van der Waals surface area contributed by atoms with E-state index in [4.69, 9.17) is 23.2 Å². The third kappa shape index (κ3) is 3.44. The van der Waals surface area contributed by atoms with Crippen molar-refractivity contribution in [3.63, 3.8) is 0 Å². The van der Waals surface area contributed by atoms with E-state index in [-0.39, 0.29) is 11.8 Å². The highest BCUT2D eigenvalue weighted by atomic mass is 35.5. The van der Waals surface area contributed by atoms with Crippen LogP contribution in [0.3, 0.4) is 0 Å². The maximum atomic E-state index is 12.9. The van der Waals surface area contributed by atoms with E-state index in [0.717, 1.165) is 11.3 Å². The van der Waals surface area contributed by atoms with Gasteiger partial charge >= 0.3 is 0 Å². The molecule has 0 spiro atoms. The van der Waals surface area contributed by atoms with Crippen molar-refractivity contribution in [1.29, 1.82) is 0 Å².